The first-order valence-corrected chi connectivity index (χ1v) is 14.9. The van der Waals surface area contributed by atoms with E-state index in [1.54, 1.807) is 32.5 Å². The third-order valence-corrected chi connectivity index (χ3v) is 8.57. The molecule has 0 unspecified atom stereocenters. The first-order chi connectivity index (χ1) is 20.4. The molecule has 0 saturated carbocycles. The number of nitrogens with one attached hydrogen (secondary N) is 1. The van der Waals surface area contributed by atoms with E-state index >= 15 is 0 Å². The molecule has 2 aromatic heterocycles. The van der Waals surface area contributed by atoms with Crippen LogP contribution in [0.1, 0.15) is 38.9 Å². The standard InChI is InChI=1S/C30H32N6O5S/c1-34-24-7-4-3-6-20(24)27(33-34)30(39)35-11-5-10-31-28(37)22-16-36(29(38)23-17-42-18-32-23)15-21(22)19-8-9-25(40-2)26(14-19)41-13-12-35/h3-4,6-9,14,17-18,21-22H,5,10-13,15-16H2,1-2H3,(H,31,37)/t21-,22+/m1/s1. The molecular weight excluding hydrogens is 556 g/mol. The Morgan fingerprint density at radius 1 is 1.07 bits per heavy atom. The van der Waals surface area contributed by atoms with Gasteiger partial charge in [-0.1, -0.05) is 24.3 Å². The lowest BCUT2D eigenvalue weighted by molar-refractivity contribution is -0.124. The number of para-hydroxylation sites is 1. The maximum absolute atomic E-state index is 13.7. The number of hydrogen-bond donors (Lipinski definition) is 1. The van der Waals surface area contributed by atoms with Crippen LogP contribution in [0, 0.1) is 5.92 Å². The maximum Gasteiger partial charge on any atom is 0.275 e. The van der Waals surface area contributed by atoms with Crippen LogP contribution in [0.2, 0.25) is 0 Å². The summed E-state index contributed by atoms with van der Waals surface area (Å²) in [6, 6.07) is 13.3. The zero-order valence-electron chi connectivity index (χ0n) is 23.5. The fourth-order valence-electron chi connectivity index (χ4n) is 5.80. The highest BCUT2D eigenvalue weighted by Gasteiger charge is 2.41. The molecule has 0 aliphatic carbocycles. The summed E-state index contributed by atoms with van der Waals surface area (Å²) >= 11 is 1.36. The van der Waals surface area contributed by atoms with Crippen molar-refractivity contribution in [3.8, 4) is 11.5 Å². The van der Waals surface area contributed by atoms with Gasteiger partial charge in [-0.05, 0) is 30.2 Å². The van der Waals surface area contributed by atoms with E-state index in [1.165, 1.54) is 11.3 Å². The molecule has 2 atom stereocenters. The SMILES string of the molecule is COc1ccc2cc1OCCN(C(=O)c1nn(C)c3ccccc13)CCCNC(=O)[C@H]1CN(C(=O)c3cscn3)C[C@H]21. The molecule has 1 N–H and O–H groups in total. The highest BCUT2D eigenvalue weighted by atomic mass is 32.1. The van der Waals surface area contributed by atoms with Crippen molar-refractivity contribution in [2.75, 3.05) is 46.4 Å². The van der Waals surface area contributed by atoms with Crippen molar-refractivity contribution in [3.63, 3.8) is 0 Å². The van der Waals surface area contributed by atoms with Gasteiger partial charge in [0.05, 0.1) is 30.6 Å². The molecule has 11 nitrogen and oxygen atoms in total. The lowest BCUT2D eigenvalue weighted by atomic mass is 9.88. The van der Waals surface area contributed by atoms with Crippen LogP contribution in [0.15, 0.2) is 53.4 Å². The number of rotatable bonds is 3. The number of likely N-dealkylation sites (tertiary alicyclic amines) is 1. The van der Waals surface area contributed by atoms with E-state index in [4.69, 9.17) is 9.47 Å². The van der Waals surface area contributed by atoms with Crippen molar-refractivity contribution < 1.29 is 23.9 Å². The van der Waals surface area contributed by atoms with Crippen LogP contribution in [0.4, 0.5) is 0 Å². The molecule has 12 heteroatoms. The van der Waals surface area contributed by atoms with Gasteiger partial charge in [0.15, 0.2) is 17.2 Å². The fraction of sp³-hybridized carbons (Fsp3) is 0.367. The largest absolute Gasteiger partial charge is 0.493 e. The second kappa shape index (κ2) is 11.8. The highest BCUT2D eigenvalue weighted by molar-refractivity contribution is 7.07. The van der Waals surface area contributed by atoms with E-state index in [2.05, 4.69) is 15.4 Å². The Balaban J connectivity index is 1.27. The summed E-state index contributed by atoms with van der Waals surface area (Å²) in [6.07, 6.45) is 0.551. The Morgan fingerprint density at radius 3 is 2.71 bits per heavy atom. The number of amides is 3. The maximum atomic E-state index is 13.7. The van der Waals surface area contributed by atoms with Crippen molar-refractivity contribution in [1.29, 1.82) is 0 Å². The van der Waals surface area contributed by atoms with Crippen molar-refractivity contribution in [3.05, 3.63) is 70.3 Å². The van der Waals surface area contributed by atoms with Crippen LogP contribution >= 0.6 is 11.3 Å². The summed E-state index contributed by atoms with van der Waals surface area (Å²) in [5.74, 6) is -0.108. The van der Waals surface area contributed by atoms with Gasteiger partial charge >= 0.3 is 0 Å². The Bertz CT molecular complexity index is 1620. The second-order valence-electron chi connectivity index (χ2n) is 10.5. The minimum Gasteiger partial charge on any atom is -0.493 e. The van der Waals surface area contributed by atoms with Gasteiger partial charge in [0.25, 0.3) is 11.8 Å². The molecular formula is C30H32N6O5S. The van der Waals surface area contributed by atoms with Crippen LogP contribution < -0.4 is 14.8 Å². The van der Waals surface area contributed by atoms with E-state index in [-0.39, 0.29) is 36.8 Å². The highest BCUT2D eigenvalue weighted by Crippen LogP contribution is 2.38. The van der Waals surface area contributed by atoms with Crippen molar-refractivity contribution in [2.24, 2.45) is 13.0 Å². The Labute approximate surface area is 247 Å². The zero-order chi connectivity index (χ0) is 29.2. The molecule has 6 rings (SSSR count). The van der Waals surface area contributed by atoms with Gasteiger partial charge in [-0.15, -0.1) is 11.3 Å². The number of carbonyl (C=O) groups is 3. The van der Waals surface area contributed by atoms with Crippen LogP contribution in [0.25, 0.3) is 10.9 Å². The third kappa shape index (κ3) is 5.29. The lowest BCUT2D eigenvalue weighted by Gasteiger charge is -2.24. The van der Waals surface area contributed by atoms with E-state index in [9.17, 15) is 14.4 Å². The van der Waals surface area contributed by atoms with E-state index in [0.29, 0.717) is 55.5 Å². The molecule has 0 spiro atoms. The molecule has 3 amide bonds. The molecule has 42 heavy (non-hydrogen) atoms. The van der Waals surface area contributed by atoms with Gasteiger partial charge in [-0.3, -0.25) is 19.1 Å². The first kappa shape index (κ1) is 27.7. The van der Waals surface area contributed by atoms with Gasteiger partial charge in [-0.2, -0.15) is 5.10 Å². The van der Waals surface area contributed by atoms with E-state index in [0.717, 1.165) is 16.5 Å². The number of nitrogens with zero attached hydrogens (tertiary/aromatic N) is 5. The minimum absolute atomic E-state index is 0.127. The predicted molar refractivity (Wildman–Crippen MR) is 157 cm³/mol. The fourth-order valence-corrected chi connectivity index (χ4v) is 6.33. The van der Waals surface area contributed by atoms with Gasteiger partial charge < -0.3 is 24.6 Å². The zero-order valence-corrected chi connectivity index (χ0v) is 24.3. The summed E-state index contributed by atoms with van der Waals surface area (Å²) in [5, 5.41) is 10.1. The number of hydrogen-bond acceptors (Lipinski definition) is 8. The van der Waals surface area contributed by atoms with Crippen molar-refractivity contribution in [1.82, 2.24) is 29.9 Å². The van der Waals surface area contributed by atoms with Gasteiger partial charge in [0.1, 0.15) is 12.3 Å². The summed E-state index contributed by atoms with van der Waals surface area (Å²) in [6.45, 7) is 2.04. The summed E-state index contributed by atoms with van der Waals surface area (Å²) in [4.78, 5) is 48.0. The molecule has 2 bridgehead atoms. The molecule has 1 saturated heterocycles. The predicted octanol–water partition coefficient (Wildman–Crippen LogP) is 2.94. The Hall–Kier alpha value is -4.45. The van der Waals surface area contributed by atoms with E-state index < -0.39 is 5.92 Å². The van der Waals surface area contributed by atoms with Crippen molar-refractivity contribution in [2.45, 2.75) is 12.3 Å². The summed E-state index contributed by atoms with van der Waals surface area (Å²) < 4.78 is 13.5. The smallest absolute Gasteiger partial charge is 0.275 e. The molecule has 2 aromatic carbocycles. The van der Waals surface area contributed by atoms with Crippen molar-refractivity contribution >= 4 is 40.0 Å². The lowest BCUT2D eigenvalue weighted by Crippen LogP contribution is -2.39. The number of carbonyl (C=O) groups excluding carboxylic acids is 3. The van der Waals surface area contributed by atoms with E-state index in [1.807, 2.05) is 49.5 Å². The third-order valence-electron chi connectivity index (χ3n) is 7.98. The quantitative estimate of drug-likeness (QED) is 0.391. The average molecular weight is 589 g/mol. The van der Waals surface area contributed by atoms with Crippen LogP contribution in [0.5, 0.6) is 11.5 Å². The number of fused-ring (bicyclic) bond motifs is 5. The monoisotopic (exact) mass is 588 g/mol. The van der Waals surface area contributed by atoms with Gasteiger partial charge in [0, 0.05) is 49.9 Å². The molecule has 0 radical (unpaired) electrons. The molecule has 4 heterocycles. The summed E-state index contributed by atoms with van der Waals surface area (Å²) in [7, 11) is 3.39. The van der Waals surface area contributed by atoms with Gasteiger partial charge in [-0.25, -0.2) is 4.98 Å². The average Bonchev–Trinajstić information content (AvgIpc) is 3.77. The molecule has 2 aliphatic heterocycles. The normalized spacial score (nSPS) is 19.5. The number of thiazole rings is 1. The van der Waals surface area contributed by atoms with Crippen LogP contribution in [-0.2, 0) is 11.8 Å². The Kier molecular flexibility index (Phi) is 7.79. The number of benzene rings is 2. The summed E-state index contributed by atoms with van der Waals surface area (Å²) in [5.41, 5.74) is 4.15. The van der Waals surface area contributed by atoms with Crippen LogP contribution in [-0.4, -0.2) is 88.7 Å². The second-order valence-corrected chi connectivity index (χ2v) is 11.2. The van der Waals surface area contributed by atoms with Gasteiger partial charge in [0.2, 0.25) is 5.91 Å². The molecule has 1 fully saturated rings. The molecule has 218 valence electrons. The number of ether oxygens (including phenoxy) is 2. The minimum atomic E-state index is -0.450. The Morgan fingerprint density at radius 2 is 1.90 bits per heavy atom. The number of aryl methyl sites for hydroxylation is 1. The first-order valence-electron chi connectivity index (χ1n) is 13.9. The molecule has 2 aliphatic rings. The molecule has 4 aromatic rings. The number of aromatic nitrogens is 3. The van der Waals surface area contributed by atoms with Crippen LogP contribution in [0.3, 0.4) is 0 Å². The topological polar surface area (TPSA) is 119 Å². The number of methoxy groups -OCH3 is 1.